The molecule has 2 aromatic carbocycles. The Kier molecular flexibility index (Phi) is 4.78. The number of rotatable bonds is 3. The molecule has 0 heterocycles. The molecule has 1 N–H and O–H groups in total. The number of nitrogens with zero attached hydrogens (tertiary/aromatic N) is 2. The topological polar surface area (TPSA) is 60.9 Å². The molecule has 2 amide bonds. The van der Waals surface area contributed by atoms with Crippen LogP contribution in [0.3, 0.4) is 0 Å². The van der Waals surface area contributed by atoms with Crippen LogP contribution in [-0.2, 0) is 9.59 Å². The minimum Gasteiger partial charge on any atom is -0.508 e. The number of aromatic hydroxyl groups is 1. The lowest BCUT2D eigenvalue weighted by atomic mass is 10.2. The van der Waals surface area contributed by atoms with Gasteiger partial charge in [-0.3, -0.25) is 9.59 Å². The summed E-state index contributed by atoms with van der Waals surface area (Å²) in [6.45, 7) is 2.22. The summed E-state index contributed by atoms with van der Waals surface area (Å²) >= 11 is 0. The van der Waals surface area contributed by atoms with E-state index in [-0.39, 0.29) is 5.75 Å². The van der Waals surface area contributed by atoms with Crippen molar-refractivity contribution in [3.63, 3.8) is 0 Å². The van der Waals surface area contributed by atoms with Crippen molar-refractivity contribution in [2.24, 2.45) is 0 Å². The molecule has 0 saturated carbocycles. The zero-order chi connectivity index (χ0) is 16.1. The van der Waals surface area contributed by atoms with Crippen LogP contribution < -0.4 is 9.80 Å². The fraction of sp³-hybridized carbons (Fsp3) is 0.176. The summed E-state index contributed by atoms with van der Waals surface area (Å²) in [7, 11) is 1.53. The quantitative estimate of drug-likeness (QED) is 0.885. The molecule has 0 bridgehead atoms. The van der Waals surface area contributed by atoms with Gasteiger partial charge in [0, 0.05) is 25.0 Å². The number of likely N-dealkylation sites (N-methyl/N-ethyl adjacent to an activating group) is 2. The highest BCUT2D eigenvalue weighted by molar-refractivity contribution is 6.44. The van der Waals surface area contributed by atoms with Crippen molar-refractivity contribution in [2.75, 3.05) is 23.4 Å². The molecule has 0 spiro atoms. The van der Waals surface area contributed by atoms with Crippen LogP contribution in [-0.4, -0.2) is 30.5 Å². The molecule has 2 rings (SSSR count). The standard InChI is InChI=1S/C17H18N2O3/c1-3-19(14-7-5-4-6-8-14)17(22)16(21)18(2)13-9-11-15(20)12-10-13/h4-12,20H,3H2,1-2H3. The average Bonchev–Trinajstić information content (AvgIpc) is 2.56. The molecular weight excluding hydrogens is 280 g/mol. The molecule has 5 nitrogen and oxygen atoms in total. The van der Waals surface area contributed by atoms with Crippen molar-refractivity contribution in [3.8, 4) is 5.75 Å². The second-order valence-corrected chi connectivity index (χ2v) is 4.77. The van der Waals surface area contributed by atoms with Crippen molar-refractivity contribution in [2.45, 2.75) is 6.92 Å². The summed E-state index contributed by atoms with van der Waals surface area (Å²) in [6, 6.07) is 15.2. The zero-order valence-corrected chi connectivity index (χ0v) is 12.6. The largest absolute Gasteiger partial charge is 0.508 e. The molecule has 114 valence electrons. The van der Waals surface area contributed by atoms with E-state index in [2.05, 4.69) is 0 Å². The van der Waals surface area contributed by atoms with E-state index in [0.29, 0.717) is 17.9 Å². The van der Waals surface area contributed by atoms with Crippen molar-refractivity contribution >= 4 is 23.2 Å². The Balaban J connectivity index is 2.20. The van der Waals surface area contributed by atoms with E-state index < -0.39 is 11.8 Å². The van der Waals surface area contributed by atoms with Gasteiger partial charge >= 0.3 is 11.8 Å². The fourth-order valence-corrected chi connectivity index (χ4v) is 2.10. The molecule has 0 aliphatic carbocycles. The SMILES string of the molecule is CCN(C(=O)C(=O)N(C)c1ccc(O)cc1)c1ccccc1. The number of hydrogen-bond acceptors (Lipinski definition) is 3. The van der Waals surface area contributed by atoms with Gasteiger partial charge < -0.3 is 14.9 Å². The predicted octanol–water partition coefficient (Wildman–Crippen LogP) is 2.41. The van der Waals surface area contributed by atoms with Crippen LogP contribution in [0.15, 0.2) is 54.6 Å². The third kappa shape index (κ3) is 3.25. The Bertz CT molecular complexity index is 653. The van der Waals surface area contributed by atoms with E-state index >= 15 is 0 Å². The van der Waals surface area contributed by atoms with Gasteiger partial charge in [-0.1, -0.05) is 18.2 Å². The molecule has 2 aromatic rings. The number of anilines is 2. The first-order valence-corrected chi connectivity index (χ1v) is 6.98. The molecule has 0 radical (unpaired) electrons. The Hall–Kier alpha value is -2.82. The number of para-hydroxylation sites is 1. The first-order valence-electron chi connectivity index (χ1n) is 6.98. The molecule has 0 aromatic heterocycles. The Morgan fingerprint density at radius 2 is 1.50 bits per heavy atom. The van der Waals surface area contributed by atoms with Gasteiger partial charge in [-0.25, -0.2) is 0 Å². The number of phenolic OH excluding ortho intramolecular Hbond substituents is 1. The van der Waals surface area contributed by atoms with E-state index in [9.17, 15) is 14.7 Å². The van der Waals surface area contributed by atoms with Gasteiger partial charge in [0.15, 0.2) is 0 Å². The van der Waals surface area contributed by atoms with Crippen molar-refractivity contribution in [3.05, 3.63) is 54.6 Å². The van der Waals surface area contributed by atoms with Crippen molar-refractivity contribution in [1.82, 2.24) is 0 Å². The van der Waals surface area contributed by atoms with Gasteiger partial charge in [-0.15, -0.1) is 0 Å². The van der Waals surface area contributed by atoms with Crippen LogP contribution >= 0.6 is 0 Å². The zero-order valence-electron chi connectivity index (χ0n) is 12.6. The minimum atomic E-state index is -0.628. The Morgan fingerprint density at radius 1 is 0.909 bits per heavy atom. The van der Waals surface area contributed by atoms with Crippen LogP contribution in [0.1, 0.15) is 6.92 Å². The minimum absolute atomic E-state index is 0.107. The lowest BCUT2D eigenvalue weighted by molar-refractivity contribution is -0.135. The maximum Gasteiger partial charge on any atom is 0.316 e. The summed E-state index contributed by atoms with van der Waals surface area (Å²) in [5, 5.41) is 9.28. The third-order valence-corrected chi connectivity index (χ3v) is 3.35. The maximum atomic E-state index is 12.4. The van der Waals surface area contributed by atoms with Crippen molar-refractivity contribution in [1.29, 1.82) is 0 Å². The number of amides is 2. The summed E-state index contributed by atoms with van der Waals surface area (Å²) in [5.41, 5.74) is 1.22. The van der Waals surface area contributed by atoms with Crippen LogP contribution in [0, 0.1) is 0 Å². The molecule has 0 atom stereocenters. The van der Waals surface area contributed by atoms with Gasteiger partial charge in [0.2, 0.25) is 0 Å². The lowest BCUT2D eigenvalue weighted by Gasteiger charge is -2.24. The molecule has 0 unspecified atom stereocenters. The van der Waals surface area contributed by atoms with Gasteiger partial charge in [0.25, 0.3) is 0 Å². The van der Waals surface area contributed by atoms with Gasteiger partial charge in [-0.2, -0.15) is 0 Å². The molecule has 22 heavy (non-hydrogen) atoms. The molecular formula is C17H18N2O3. The van der Waals surface area contributed by atoms with Gasteiger partial charge in [0.1, 0.15) is 5.75 Å². The summed E-state index contributed by atoms with van der Waals surface area (Å²) in [4.78, 5) is 27.5. The van der Waals surface area contributed by atoms with Crippen LogP contribution in [0.2, 0.25) is 0 Å². The Morgan fingerprint density at radius 3 is 2.05 bits per heavy atom. The number of phenols is 1. The highest BCUT2D eigenvalue weighted by atomic mass is 16.3. The monoisotopic (exact) mass is 298 g/mol. The highest BCUT2D eigenvalue weighted by Gasteiger charge is 2.25. The van der Waals surface area contributed by atoms with E-state index in [1.807, 2.05) is 25.1 Å². The van der Waals surface area contributed by atoms with E-state index in [4.69, 9.17) is 0 Å². The Labute approximate surface area is 129 Å². The van der Waals surface area contributed by atoms with E-state index in [1.54, 1.807) is 24.3 Å². The maximum absolute atomic E-state index is 12.4. The van der Waals surface area contributed by atoms with E-state index in [0.717, 1.165) is 0 Å². The molecule has 5 heteroatoms. The second kappa shape index (κ2) is 6.76. The number of carbonyl (C=O) groups is 2. The first-order chi connectivity index (χ1) is 10.5. The van der Waals surface area contributed by atoms with Crippen molar-refractivity contribution < 1.29 is 14.7 Å². The van der Waals surface area contributed by atoms with E-state index in [1.165, 1.54) is 29.0 Å². The number of benzene rings is 2. The highest BCUT2D eigenvalue weighted by Crippen LogP contribution is 2.19. The van der Waals surface area contributed by atoms with Crippen LogP contribution in [0.5, 0.6) is 5.75 Å². The summed E-state index contributed by atoms with van der Waals surface area (Å²) in [6.07, 6.45) is 0. The second-order valence-electron chi connectivity index (χ2n) is 4.77. The van der Waals surface area contributed by atoms with Gasteiger partial charge in [0.05, 0.1) is 0 Å². The first kappa shape index (κ1) is 15.6. The van der Waals surface area contributed by atoms with Crippen LogP contribution in [0.25, 0.3) is 0 Å². The lowest BCUT2D eigenvalue weighted by Crippen LogP contribution is -2.44. The third-order valence-electron chi connectivity index (χ3n) is 3.35. The smallest absolute Gasteiger partial charge is 0.316 e. The van der Waals surface area contributed by atoms with Gasteiger partial charge in [-0.05, 0) is 43.3 Å². The number of hydrogen-bond donors (Lipinski definition) is 1. The summed E-state index contributed by atoms with van der Waals surface area (Å²) in [5.74, 6) is -1.11. The molecule has 0 aliphatic rings. The normalized spacial score (nSPS) is 10.1. The number of carbonyl (C=O) groups excluding carboxylic acids is 2. The van der Waals surface area contributed by atoms with Crippen LogP contribution in [0.4, 0.5) is 11.4 Å². The average molecular weight is 298 g/mol. The molecule has 0 fully saturated rings. The molecule has 0 saturated heterocycles. The molecule has 0 aliphatic heterocycles. The fourth-order valence-electron chi connectivity index (χ4n) is 2.10. The predicted molar refractivity (Wildman–Crippen MR) is 86.0 cm³/mol. The summed E-state index contributed by atoms with van der Waals surface area (Å²) < 4.78 is 0.